The van der Waals surface area contributed by atoms with Gasteiger partial charge in [0.15, 0.2) is 6.07 Å². The summed E-state index contributed by atoms with van der Waals surface area (Å²) in [5, 5.41) is 10.6. The first-order valence-electron chi connectivity index (χ1n) is 4.81. The minimum absolute atomic E-state index is 0.836. The summed E-state index contributed by atoms with van der Waals surface area (Å²) in [5.41, 5.74) is 0.846. The van der Waals surface area contributed by atoms with Gasteiger partial charge in [0, 0.05) is 11.5 Å². The van der Waals surface area contributed by atoms with Crippen LogP contribution in [-0.4, -0.2) is 7.11 Å². The summed E-state index contributed by atoms with van der Waals surface area (Å²) in [6, 6.07) is 13.5. The molecule has 2 aromatic carbocycles. The van der Waals surface area contributed by atoms with Crippen molar-refractivity contribution in [3.8, 4) is 23.7 Å². The first kappa shape index (κ1) is 10.1. The van der Waals surface area contributed by atoms with Crippen molar-refractivity contribution in [1.29, 1.82) is 5.26 Å². The van der Waals surface area contributed by atoms with Gasteiger partial charge in [-0.2, -0.15) is 5.26 Å². The van der Waals surface area contributed by atoms with Gasteiger partial charge in [0.25, 0.3) is 0 Å². The van der Waals surface area contributed by atoms with E-state index in [0.29, 0.717) is 0 Å². The summed E-state index contributed by atoms with van der Waals surface area (Å²) in [6.45, 7) is 0. The van der Waals surface area contributed by atoms with Crippen molar-refractivity contribution in [2.75, 3.05) is 7.11 Å². The quantitative estimate of drug-likeness (QED) is 0.673. The van der Waals surface area contributed by atoms with E-state index in [4.69, 9.17) is 10.00 Å². The van der Waals surface area contributed by atoms with Crippen LogP contribution >= 0.6 is 0 Å². The highest BCUT2D eigenvalue weighted by atomic mass is 16.5. The van der Waals surface area contributed by atoms with Gasteiger partial charge in [-0.15, -0.1) is 0 Å². The molecule has 2 rings (SSSR count). The van der Waals surface area contributed by atoms with E-state index in [9.17, 15) is 0 Å². The first-order chi connectivity index (χ1) is 7.83. The number of rotatable bonds is 1. The number of benzene rings is 2. The first-order valence-corrected chi connectivity index (χ1v) is 4.81. The molecule has 0 aliphatic heterocycles. The molecule has 2 aromatic rings. The maximum Gasteiger partial charge on any atom is 0.152 e. The third kappa shape index (κ3) is 1.97. The van der Waals surface area contributed by atoms with Gasteiger partial charge in [0.05, 0.1) is 7.11 Å². The van der Waals surface area contributed by atoms with Crippen molar-refractivity contribution >= 4 is 10.8 Å². The molecule has 76 valence electrons. The van der Waals surface area contributed by atoms with Crippen LogP contribution in [0.1, 0.15) is 5.56 Å². The van der Waals surface area contributed by atoms with Crippen molar-refractivity contribution in [3.05, 3.63) is 42.0 Å². The number of hydrogen-bond donors (Lipinski definition) is 0. The molecule has 0 saturated heterocycles. The molecule has 0 spiro atoms. The lowest BCUT2D eigenvalue weighted by Crippen LogP contribution is -1.83. The average molecular weight is 207 g/mol. The van der Waals surface area contributed by atoms with Crippen molar-refractivity contribution in [2.45, 2.75) is 0 Å². The van der Waals surface area contributed by atoms with E-state index in [1.165, 1.54) is 0 Å². The Morgan fingerprint density at radius 1 is 1.06 bits per heavy atom. The molecule has 0 aliphatic rings. The molecule has 0 N–H and O–H groups in total. The van der Waals surface area contributed by atoms with E-state index in [1.54, 1.807) is 13.2 Å². The van der Waals surface area contributed by atoms with Crippen LogP contribution in [0.25, 0.3) is 10.8 Å². The molecule has 0 amide bonds. The molecular formula is C14H9NO. The minimum atomic E-state index is 0.836. The molecular weight excluding hydrogens is 198 g/mol. The molecule has 2 heteroatoms. The normalized spacial score (nSPS) is 9.00. The Hall–Kier alpha value is -2.45. The molecule has 0 fully saturated rings. The Morgan fingerprint density at radius 2 is 1.81 bits per heavy atom. The molecule has 0 heterocycles. The van der Waals surface area contributed by atoms with E-state index in [2.05, 4.69) is 11.8 Å². The third-order valence-electron chi connectivity index (χ3n) is 2.31. The lowest BCUT2D eigenvalue weighted by atomic mass is 10.1. The van der Waals surface area contributed by atoms with Crippen molar-refractivity contribution in [1.82, 2.24) is 0 Å². The fraction of sp³-hybridized carbons (Fsp3) is 0.0714. The topological polar surface area (TPSA) is 33.0 Å². The molecule has 0 saturated carbocycles. The predicted octanol–water partition coefficient (Wildman–Crippen LogP) is 2.72. The zero-order chi connectivity index (χ0) is 11.4. The summed E-state index contributed by atoms with van der Waals surface area (Å²) in [6.07, 6.45) is 0. The number of hydrogen-bond acceptors (Lipinski definition) is 2. The van der Waals surface area contributed by atoms with Crippen LogP contribution in [0, 0.1) is 23.2 Å². The number of fused-ring (bicyclic) bond motifs is 1. The highest BCUT2D eigenvalue weighted by Crippen LogP contribution is 2.21. The summed E-state index contributed by atoms with van der Waals surface area (Å²) in [4.78, 5) is 0. The van der Waals surface area contributed by atoms with Crippen molar-refractivity contribution < 1.29 is 4.74 Å². The van der Waals surface area contributed by atoms with E-state index in [1.807, 2.05) is 36.4 Å². The molecule has 0 atom stereocenters. The minimum Gasteiger partial charge on any atom is -0.497 e. The highest BCUT2D eigenvalue weighted by molar-refractivity contribution is 5.85. The molecule has 0 aliphatic carbocycles. The smallest absolute Gasteiger partial charge is 0.152 e. The second-order valence-electron chi connectivity index (χ2n) is 3.29. The second kappa shape index (κ2) is 4.38. The van der Waals surface area contributed by atoms with Gasteiger partial charge in [-0.05, 0) is 35.0 Å². The summed E-state index contributed by atoms with van der Waals surface area (Å²) >= 11 is 0. The van der Waals surface area contributed by atoms with Crippen molar-refractivity contribution in [2.24, 2.45) is 0 Å². The maximum absolute atomic E-state index is 8.37. The Morgan fingerprint density at radius 3 is 2.56 bits per heavy atom. The molecule has 0 radical (unpaired) electrons. The number of methoxy groups -OCH3 is 1. The zero-order valence-electron chi connectivity index (χ0n) is 8.82. The van der Waals surface area contributed by atoms with E-state index >= 15 is 0 Å². The Labute approximate surface area is 94.1 Å². The standard InChI is InChI=1S/C14H9NO/c1-16-14-7-6-12-9-11(3-2-8-15)4-5-13(12)10-14/h4-7,9-10H,1H3. The van der Waals surface area contributed by atoms with Gasteiger partial charge >= 0.3 is 0 Å². The molecule has 16 heavy (non-hydrogen) atoms. The highest BCUT2D eigenvalue weighted by Gasteiger charge is 1.96. The fourth-order valence-electron chi connectivity index (χ4n) is 1.53. The predicted molar refractivity (Wildman–Crippen MR) is 63.0 cm³/mol. The molecule has 0 unspecified atom stereocenters. The van der Waals surface area contributed by atoms with Crippen LogP contribution < -0.4 is 4.74 Å². The molecule has 2 nitrogen and oxygen atoms in total. The monoisotopic (exact) mass is 207 g/mol. The van der Waals surface area contributed by atoms with Gasteiger partial charge in [0.2, 0.25) is 0 Å². The van der Waals surface area contributed by atoms with E-state index in [-0.39, 0.29) is 0 Å². The van der Waals surface area contributed by atoms with Crippen LogP contribution in [-0.2, 0) is 0 Å². The fourth-order valence-corrected chi connectivity index (χ4v) is 1.53. The van der Waals surface area contributed by atoms with Crippen LogP contribution in [0.15, 0.2) is 36.4 Å². The number of nitriles is 1. The van der Waals surface area contributed by atoms with Gasteiger partial charge in [-0.1, -0.05) is 18.1 Å². The van der Waals surface area contributed by atoms with Gasteiger partial charge < -0.3 is 4.74 Å². The number of ether oxygens (including phenoxy) is 1. The maximum atomic E-state index is 8.37. The van der Waals surface area contributed by atoms with Crippen LogP contribution in [0.4, 0.5) is 0 Å². The van der Waals surface area contributed by atoms with Gasteiger partial charge in [-0.3, -0.25) is 0 Å². The van der Waals surface area contributed by atoms with Crippen molar-refractivity contribution in [3.63, 3.8) is 0 Å². The van der Waals surface area contributed by atoms with Gasteiger partial charge in [-0.25, -0.2) is 0 Å². The molecule has 0 bridgehead atoms. The SMILES string of the molecule is COc1ccc2cc(C#CC#N)ccc2c1. The molecule has 0 aromatic heterocycles. The second-order valence-corrected chi connectivity index (χ2v) is 3.29. The van der Waals surface area contributed by atoms with Crippen LogP contribution in [0.3, 0.4) is 0 Å². The van der Waals surface area contributed by atoms with Gasteiger partial charge in [0.1, 0.15) is 5.75 Å². The summed E-state index contributed by atoms with van der Waals surface area (Å²) in [5.74, 6) is 5.99. The van der Waals surface area contributed by atoms with Crippen LogP contribution in [0.2, 0.25) is 0 Å². The summed E-state index contributed by atoms with van der Waals surface area (Å²) in [7, 11) is 1.65. The van der Waals surface area contributed by atoms with E-state index < -0.39 is 0 Å². The largest absolute Gasteiger partial charge is 0.497 e. The summed E-state index contributed by atoms with van der Waals surface area (Å²) < 4.78 is 5.15. The number of nitrogens with zero attached hydrogens (tertiary/aromatic N) is 1. The third-order valence-corrected chi connectivity index (χ3v) is 2.31. The zero-order valence-corrected chi connectivity index (χ0v) is 8.82. The van der Waals surface area contributed by atoms with Crippen LogP contribution in [0.5, 0.6) is 5.75 Å². The Balaban J connectivity index is 2.52. The average Bonchev–Trinajstić information content (AvgIpc) is 2.35. The lowest BCUT2D eigenvalue weighted by Gasteiger charge is -2.02. The lowest BCUT2D eigenvalue weighted by molar-refractivity contribution is 0.415. The Bertz CT molecular complexity index is 626. The van der Waals surface area contributed by atoms with E-state index in [0.717, 1.165) is 22.1 Å². The Kier molecular flexibility index (Phi) is 2.76.